The molecule has 0 amide bonds. The largest absolute Gasteiger partial charge is 0.301 e. The van der Waals surface area contributed by atoms with E-state index >= 15 is 0 Å². The van der Waals surface area contributed by atoms with Crippen LogP contribution in [0.3, 0.4) is 0 Å². The van der Waals surface area contributed by atoms with Crippen molar-refractivity contribution in [2.75, 3.05) is 0 Å². The first-order valence-corrected chi connectivity index (χ1v) is 7.53. The summed E-state index contributed by atoms with van der Waals surface area (Å²) in [5, 5.41) is 0. The first-order valence-electron chi connectivity index (χ1n) is 6.46. The number of para-hydroxylation sites is 2. The molecule has 0 unspecified atom stereocenters. The molecule has 0 aliphatic carbocycles. The molecule has 0 saturated carbocycles. The van der Waals surface area contributed by atoms with Crippen molar-refractivity contribution >= 4 is 39.1 Å². The molecule has 0 aliphatic rings. The van der Waals surface area contributed by atoms with Gasteiger partial charge < -0.3 is 4.40 Å². The van der Waals surface area contributed by atoms with E-state index in [0.29, 0.717) is 0 Å². The predicted molar refractivity (Wildman–Crippen MR) is 90.9 cm³/mol. The summed E-state index contributed by atoms with van der Waals surface area (Å²) in [6.07, 6.45) is 0. The van der Waals surface area contributed by atoms with Gasteiger partial charge in [-0.1, -0.05) is 42.5 Å². The van der Waals surface area contributed by atoms with Crippen LogP contribution in [0, 0.1) is 3.70 Å². The molecule has 0 bridgehead atoms. The Bertz CT molecular complexity index is 910. The highest BCUT2D eigenvalue weighted by Gasteiger charge is 2.11. The lowest BCUT2D eigenvalue weighted by molar-refractivity contribution is 1.19. The van der Waals surface area contributed by atoms with Crippen molar-refractivity contribution in [1.82, 2.24) is 9.38 Å². The smallest absolute Gasteiger partial charge is 0.0950 e. The second kappa shape index (κ2) is 4.59. The van der Waals surface area contributed by atoms with E-state index in [4.69, 9.17) is 4.98 Å². The van der Waals surface area contributed by atoms with Gasteiger partial charge in [-0.2, -0.15) is 0 Å². The second-order valence-corrected chi connectivity index (χ2v) is 5.80. The Morgan fingerprint density at radius 3 is 2.35 bits per heavy atom. The second-order valence-electron chi connectivity index (χ2n) is 4.69. The molecule has 0 aliphatic heterocycles. The molecule has 96 valence electrons. The Labute approximate surface area is 130 Å². The molecule has 0 saturated heterocycles. The Balaban J connectivity index is 2.20. The summed E-state index contributed by atoms with van der Waals surface area (Å²) in [4.78, 5) is 4.86. The number of hydrogen-bond acceptors (Lipinski definition) is 1. The summed E-state index contributed by atoms with van der Waals surface area (Å²) >= 11 is 2.37. The number of halogens is 1. The molecule has 2 aromatic heterocycles. The molecule has 20 heavy (non-hydrogen) atoms. The lowest BCUT2D eigenvalue weighted by Crippen LogP contribution is -1.96. The number of nitrogens with zero attached hydrogens (tertiary/aromatic N) is 2. The summed E-state index contributed by atoms with van der Waals surface area (Å²) in [5.74, 6) is 0. The van der Waals surface area contributed by atoms with Crippen LogP contribution in [0.5, 0.6) is 0 Å². The van der Waals surface area contributed by atoms with Crippen LogP contribution in [-0.2, 0) is 0 Å². The van der Waals surface area contributed by atoms with Gasteiger partial charge in [-0.05, 0) is 46.9 Å². The molecule has 2 heterocycles. The molecular formula is C17H11IN2. The van der Waals surface area contributed by atoms with Crippen LogP contribution in [0.4, 0.5) is 0 Å². The maximum Gasteiger partial charge on any atom is 0.0950 e. The van der Waals surface area contributed by atoms with Crippen LogP contribution >= 0.6 is 22.6 Å². The van der Waals surface area contributed by atoms with Crippen molar-refractivity contribution in [1.29, 1.82) is 0 Å². The summed E-state index contributed by atoms with van der Waals surface area (Å²) in [6, 6.07) is 22.9. The maximum atomic E-state index is 4.86. The summed E-state index contributed by atoms with van der Waals surface area (Å²) < 4.78 is 3.47. The molecule has 0 fully saturated rings. The van der Waals surface area contributed by atoms with Gasteiger partial charge in [-0.3, -0.25) is 0 Å². The average Bonchev–Trinajstić information content (AvgIpc) is 2.90. The van der Waals surface area contributed by atoms with Crippen molar-refractivity contribution in [3.05, 3.63) is 70.4 Å². The Morgan fingerprint density at radius 2 is 1.50 bits per heavy atom. The maximum absolute atomic E-state index is 4.86. The third-order valence-corrected chi connectivity index (χ3v) is 4.32. The highest BCUT2D eigenvalue weighted by atomic mass is 127. The minimum Gasteiger partial charge on any atom is -0.301 e. The van der Waals surface area contributed by atoms with Crippen LogP contribution in [0.15, 0.2) is 66.7 Å². The predicted octanol–water partition coefficient (Wildman–Crippen LogP) is 4.76. The normalized spacial score (nSPS) is 11.2. The standard InChI is InChI=1S/C17H11IN2/c18-16-11-10-15-17(12-6-2-1-3-7-12)19-13-8-4-5-9-14(13)20(15)16/h1-11H. The van der Waals surface area contributed by atoms with Gasteiger partial charge in [0.05, 0.1) is 25.9 Å². The average molecular weight is 370 g/mol. The van der Waals surface area contributed by atoms with E-state index in [1.54, 1.807) is 0 Å². The number of hydrogen-bond donors (Lipinski definition) is 0. The van der Waals surface area contributed by atoms with E-state index in [1.165, 1.54) is 3.70 Å². The van der Waals surface area contributed by atoms with Crippen molar-refractivity contribution in [2.45, 2.75) is 0 Å². The lowest BCUT2D eigenvalue weighted by atomic mass is 10.1. The van der Waals surface area contributed by atoms with Gasteiger partial charge in [-0.25, -0.2) is 4.98 Å². The van der Waals surface area contributed by atoms with Gasteiger partial charge in [0.25, 0.3) is 0 Å². The molecule has 0 atom stereocenters. The molecule has 0 spiro atoms. The van der Waals surface area contributed by atoms with Gasteiger partial charge in [0.2, 0.25) is 0 Å². The molecule has 4 aromatic rings. The van der Waals surface area contributed by atoms with Crippen LogP contribution in [-0.4, -0.2) is 9.38 Å². The van der Waals surface area contributed by atoms with E-state index in [1.807, 2.05) is 12.1 Å². The van der Waals surface area contributed by atoms with E-state index in [-0.39, 0.29) is 0 Å². The monoisotopic (exact) mass is 370 g/mol. The molecule has 2 nitrogen and oxygen atoms in total. The molecule has 2 aromatic carbocycles. The Hall–Kier alpha value is -1.88. The van der Waals surface area contributed by atoms with E-state index in [9.17, 15) is 0 Å². The summed E-state index contributed by atoms with van der Waals surface area (Å²) in [5.41, 5.74) is 5.51. The number of benzene rings is 2. The van der Waals surface area contributed by atoms with Crippen LogP contribution < -0.4 is 0 Å². The highest BCUT2D eigenvalue weighted by molar-refractivity contribution is 14.1. The molecule has 4 rings (SSSR count). The summed E-state index contributed by atoms with van der Waals surface area (Å²) in [6.45, 7) is 0. The van der Waals surface area contributed by atoms with Crippen molar-refractivity contribution in [2.24, 2.45) is 0 Å². The van der Waals surface area contributed by atoms with Crippen molar-refractivity contribution in [3.63, 3.8) is 0 Å². The zero-order valence-corrected chi connectivity index (χ0v) is 12.8. The fraction of sp³-hybridized carbons (Fsp3) is 0. The van der Waals surface area contributed by atoms with Crippen molar-refractivity contribution < 1.29 is 0 Å². The van der Waals surface area contributed by atoms with E-state index < -0.39 is 0 Å². The molecular weight excluding hydrogens is 359 g/mol. The van der Waals surface area contributed by atoms with Crippen LogP contribution in [0.1, 0.15) is 0 Å². The van der Waals surface area contributed by atoms with Gasteiger partial charge in [-0.15, -0.1) is 0 Å². The number of aromatic nitrogens is 2. The molecule has 0 radical (unpaired) electrons. The van der Waals surface area contributed by atoms with Gasteiger partial charge >= 0.3 is 0 Å². The topological polar surface area (TPSA) is 17.3 Å². The number of rotatable bonds is 1. The highest BCUT2D eigenvalue weighted by Crippen LogP contribution is 2.28. The summed E-state index contributed by atoms with van der Waals surface area (Å²) in [7, 11) is 0. The lowest BCUT2D eigenvalue weighted by Gasteiger charge is -2.09. The van der Waals surface area contributed by atoms with E-state index in [0.717, 1.165) is 27.8 Å². The SMILES string of the molecule is Ic1ccc2c(-c3ccccc3)nc3ccccc3n12. The van der Waals surface area contributed by atoms with Gasteiger partial charge in [0, 0.05) is 5.56 Å². The minimum absolute atomic E-state index is 1.02. The third kappa shape index (κ3) is 1.73. The number of fused-ring (bicyclic) bond motifs is 3. The first-order chi connectivity index (χ1) is 9.84. The first kappa shape index (κ1) is 11.9. The van der Waals surface area contributed by atoms with Gasteiger partial charge in [0.15, 0.2) is 0 Å². The molecule has 0 N–H and O–H groups in total. The minimum atomic E-state index is 1.02. The zero-order chi connectivity index (χ0) is 13.5. The third-order valence-electron chi connectivity index (χ3n) is 3.48. The zero-order valence-electron chi connectivity index (χ0n) is 10.6. The quantitative estimate of drug-likeness (QED) is 0.442. The van der Waals surface area contributed by atoms with Crippen LogP contribution in [0.2, 0.25) is 0 Å². The van der Waals surface area contributed by atoms with E-state index in [2.05, 4.69) is 81.6 Å². The van der Waals surface area contributed by atoms with Crippen molar-refractivity contribution in [3.8, 4) is 11.3 Å². The fourth-order valence-electron chi connectivity index (χ4n) is 2.58. The molecule has 3 heteroatoms. The Kier molecular flexibility index (Phi) is 2.73. The van der Waals surface area contributed by atoms with Gasteiger partial charge in [0.1, 0.15) is 0 Å². The fourth-order valence-corrected chi connectivity index (χ4v) is 3.28. The van der Waals surface area contributed by atoms with Crippen LogP contribution in [0.25, 0.3) is 27.8 Å². The Morgan fingerprint density at radius 1 is 0.750 bits per heavy atom.